The van der Waals surface area contributed by atoms with E-state index in [-0.39, 0.29) is 17.4 Å². The minimum absolute atomic E-state index is 0.269. The summed E-state index contributed by atoms with van der Waals surface area (Å²) in [5.41, 5.74) is 3.02. The molecule has 0 aliphatic rings. The molecular formula is C25H32O4. The minimum Gasteiger partial charge on any atom is -0.462 e. The number of unbranched alkanes of at least 4 members (excludes halogenated alkanes) is 2. The molecule has 0 radical (unpaired) electrons. The topological polar surface area (TPSA) is 52.6 Å². The van der Waals surface area contributed by atoms with Crippen molar-refractivity contribution in [1.29, 1.82) is 0 Å². The van der Waals surface area contributed by atoms with Gasteiger partial charge in [0.05, 0.1) is 24.3 Å². The summed E-state index contributed by atoms with van der Waals surface area (Å²) in [6.45, 7) is 9.27. The van der Waals surface area contributed by atoms with Crippen molar-refractivity contribution in [2.75, 3.05) is 13.2 Å². The molecule has 0 spiro atoms. The fraction of sp³-hybridized carbons (Fsp3) is 0.440. The second-order valence-electron chi connectivity index (χ2n) is 7.76. The van der Waals surface area contributed by atoms with Gasteiger partial charge in [-0.05, 0) is 48.2 Å². The van der Waals surface area contributed by atoms with Gasteiger partial charge in [-0.25, -0.2) is 9.59 Å². The van der Waals surface area contributed by atoms with E-state index >= 15 is 0 Å². The van der Waals surface area contributed by atoms with Crippen molar-refractivity contribution in [3.63, 3.8) is 0 Å². The molecule has 0 aliphatic heterocycles. The summed E-state index contributed by atoms with van der Waals surface area (Å²) in [5.74, 6) is -0.567. The van der Waals surface area contributed by atoms with Gasteiger partial charge in [-0.3, -0.25) is 0 Å². The summed E-state index contributed by atoms with van der Waals surface area (Å²) >= 11 is 0. The second-order valence-corrected chi connectivity index (χ2v) is 7.76. The highest BCUT2D eigenvalue weighted by molar-refractivity contribution is 5.90. The molecule has 29 heavy (non-hydrogen) atoms. The Morgan fingerprint density at radius 2 is 1.03 bits per heavy atom. The number of hydrogen-bond donors (Lipinski definition) is 0. The number of carbonyl (C=O) groups is 2. The summed E-state index contributed by atoms with van der Waals surface area (Å²) < 4.78 is 10.5. The smallest absolute Gasteiger partial charge is 0.338 e. The third kappa shape index (κ3) is 6.18. The van der Waals surface area contributed by atoms with Crippen LogP contribution in [0, 0.1) is 0 Å². The van der Waals surface area contributed by atoms with Gasteiger partial charge < -0.3 is 9.47 Å². The Morgan fingerprint density at radius 3 is 1.34 bits per heavy atom. The zero-order valence-corrected chi connectivity index (χ0v) is 18.0. The van der Waals surface area contributed by atoms with Gasteiger partial charge in [-0.15, -0.1) is 0 Å². The molecule has 0 amide bonds. The van der Waals surface area contributed by atoms with Crippen LogP contribution < -0.4 is 0 Å². The standard InChI is InChI=1S/C25H32O4/c1-5-7-17-28-23(26)19-9-13-21(14-10-19)25(3,4)22-15-11-20(12-16-22)24(27)29-18-8-6-2/h9-16H,5-8,17-18H2,1-4H3. The lowest BCUT2D eigenvalue weighted by atomic mass is 9.78. The van der Waals surface area contributed by atoms with Crippen LogP contribution in [0.4, 0.5) is 0 Å². The first-order valence-electron chi connectivity index (χ1n) is 10.5. The Hall–Kier alpha value is -2.62. The van der Waals surface area contributed by atoms with Crippen molar-refractivity contribution < 1.29 is 19.1 Å². The first-order valence-corrected chi connectivity index (χ1v) is 10.5. The van der Waals surface area contributed by atoms with E-state index in [9.17, 15) is 9.59 Å². The molecule has 0 bridgehead atoms. The van der Waals surface area contributed by atoms with Crippen LogP contribution in [-0.4, -0.2) is 25.2 Å². The maximum Gasteiger partial charge on any atom is 0.338 e. The molecule has 0 fully saturated rings. The van der Waals surface area contributed by atoms with Crippen molar-refractivity contribution in [3.8, 4) is 0 Å². The average Bonchev–Trinajstić information content (AvgIpc) is 2.74. The molecule has 0 saturated carbocycles. The Labute approximate surface area is 174 Å². The maximum absolute atomic E-state index is 12.1. The lowest BCUT2D eigenvalue weighted by molar-refractivity contribution is 0.0490. The summed E-state index contributed by atoms with van der Waals surface area (Å²) in [6, 6.07) is 15.1. The van der Waals surface area contributed by atoms with E-state index in [4.69, 9.17) is 9.47 Å². The van der Waals surface area contributed by atoms with E-state index in [1.807, 2.05) is 48.5 Å². The van der Waals surface area contributed by atoms with E-state index < -0.39 is 0 Å². The Kier molecular flexibility index (Phi) is 8.44. The Bertz CT molecular complexity index is 721. The van der Waals surface area contributed by atoms with Crippen LogP contribution >= 0.6 is 0 Å². The highest BCUT2D eigenvalue weighted by Gasteiger charge is 2.24. The summed E-state index contributed by atoms with van der Waals surface area (Å²) in [6.07, 6.45) is 3.74. The van der Waals surface area contributed by atoms with Crippen LogP contribution in [0.2, 0.25) is 0 Å². The van der Waals surface area contributed by atoms with Crippen LogP contribution in [0.15, 0.2) is 48.5 Å². The highest BCUT2D eigenvalue weighted by atomic mass is 16.5. The molecule has 156 valence electrons. The third-order valence-corrected chi connectivity index (χ3v) is 5.15. The molecule has 2 rings (SSSR count). The predicted molar refractivity (Wildman–Crippen MR) is 115 cm³/mol. The molecule has 0 saturated heterocycles. The Morgan fingerprint density at radius 1 is 0.690 bits per heavy atom. The SMILES string of the molecule is CCCCOC(=O)c1ccc(C(C)(C)c2ccc(C(=O)OCCCC)cc2)cc1. The van der Waals surface area contributed by atoms with Crippen LogP contribution in [0.3, 0.4) is 0 Å². The number of benzene rings is 2. The summed E-state index contributed by atoms with van der Waals surface area (Å²) in [5, 5.41) is 0. The summed E-state index contributed by atoms with van der Waals surface area (Å²) in [4.78, 5) is 24.2. The first kappa shape index (κ1) is 22.7. The molecule has 0 unspecified atom stereocenters. The van der Waals surface area contributed by atoms with Crippen molar-refractivity contribution in [2.45, 2.75) is 58.8 Å². The van der Waals surface area contributed by atoms with E-state index in [1.54, 1.807) is 0 Å². The van der Waals surface area contributed by atoms with Crippen molar-refractivity contribution in [2.24, 2.45) is 0 Å². The van der Waals surface area contributed by atoms with Gasteiger partial charge in [0.2, 0.25) is 0 Å². The third-order valence-electron chi connectivity index (χ3n) is 5.15. The van der Waals surface area contributed by atoms with Crippen LogP contribution in [0.1, 0.15) is 85.2 Å². The molecule has 2 aromatic rings. The average molecular weight is 397 g/mol. The molecule has 2 aromatic carbocycles. The maximum atomic E-state index is 12.1. The van der Waals surface area contributed by atoms with E-state index in [1.165, 1.54) is 0 Å². The quantitative estimate of drug-likeness (QED) is 0.369. The lowest BCUT2D eigenvalue weighted by Gasteiger charge is -2.26. The van der Waals surface area contributed by atoms with Gasteiger partial charge in [0.1, 0.15) is 0 Å². The molecule has 0 heterocycles. The van der Waals surface area contributed by atoms with E-state index in [0.29, 0.717) is 24.3 Å². The monoisotopic (exact) mass is 396 g/mol. The first-order chi connectivity index (χ1) is 13.9. The van der Waals surface area contributed by atoms with Crippen LogP contribution in [-0.2, 0) is 14.9 Å². The highest BCUT2D eigenvalue weighted by Crippen LogP contribution is 2.32. The largest absolute Gasteiger partial charge is 0.462 e. The Balaban J connectivity index is 2.07. The van der Waals surface area contributed by atoms with Crippen LogP contribution in [0.5, 0.6) is 0 Å². The molecule has 4 heteroatoms. The van der Waals surface area contributed by atoms with Gasteiger partial charge in [0, 0.05) is 5.41 Å². The lowest BCUT2D eigenvalue weighted by Crippen LogP contribution is -2.19. The van der Waals surface area contributed by atoms with Gasteiger partial charge in [0.25, 0.3) is 0 Å². The number of carbonyl (C=O) groups excluding carboxylic acids is 2. The van der Waals surface area contributed by atoms with Gasteiger partial charge in [-0.1, -0.05) is 64.8 Å². The van der Waals surface area contributed by atoms with Crippen molar-refractivity contribution in [1.82, 2.24) is 0 Å². The number of esters is 2. The van der Waals surface area contributed by atoms with Crippen molar-refractivity contribution >= 4 is 11.9 Å². The number of ether oxygens (including phenoxy) is 2. The van der Waals surface area contributed by atoms with Crippen molar-refractivity contribution in [3.05, 3.63) is 70.8 Å². The molecule has 4 nitrogen and oxygen atoms in total. The summed E-state index contributed by atoms with van der Waals surface area (Å²) in [7, 11) is 0. The zero-order valence-electron chi connectivity index (χ0n) is 18.0. The fourth-order valence-corrected chi connectivity index (χ4v) is 3.00. The molecule has 0 aliphatic carbocycles. The van der Waals surface area contributed by atoms with E-state index in [0.717, 1.165) is 36.8 Å². The molecule has 0 N–H and O–H groups in total. The zero-order chi connectivity index (χ0) is 21.3. The van der Waals surface area contributed by atoms with Gasteiger partial charge in [0.15, 0.2) is 0 Å². The molecule has 0 aromatic heterocycles. The molecular weight excluding hydrogens is 364 g/mol. The van der Waals surface area contributed by atoms with Gasteiger partial charge >= 0.3 is 11.9 Å². The predicted octanol–water partition coefficient (Wildman–Crippen LogP) is 5.93. The van der Waals surface area contributed by atoms with Gasteiger partial charge in [-0.2, -0.15) is 0 Å². The van der Waals surface area contributed by atoms with E-state index in [2.05, 4.69) is 27.7 Å². The minimum atomic E-state index is -0.284. The molecule has 0 atom stereocenters. The van der Waals surface area contributed by atoms with Crippen LogP contribution in [0.25, 0.3) is 0 Å². The number of hydrogen-bond acceptors (Lipinski definition) is 4. The fourth-order valence-electron chi connectivity index (χ4n) is 3.00. The second kappa shape index (κ2) is 10.8. The normalized spacial score (nSPS) is 11.2. The number of rotatable bonds is 10.